The summed E-state index contributed by atoms with van der Waals surface area (Å²) in [6.45, 7) is 2.07. The Kier molecular flexibility index (Phi) is 3.31. The van der Waals surface area contributed by atoms with E-state index >= 15 is 0 Å². The first-order chi connectivity index (χ1) is 10.6. The third-order valence-corrected chi connectivity index (χ3v) is 5.66. The number of fused-ring (bicyclic) bond motifs is 3. The van der Waals surface area contributed by atoms with Crippen LogP contribution in [0.2, 0.25) is 5.02 Å². The van der Waals surface area contributed by atoms with Crippen molar-refractivity contribution in [2.75, 3.05) is 5.32 Å². The maximum absolute atomic E-state index is 11.9. The number of carbonyl (C=O) groups excluding carboxylic acids is 1. The van der Waals surface area contributed by atoms with Gasteiger partial charge in [0.15, 0.2) is 0 Å². The van der Waals surface area contributed by atoms with Crippen LogP contribution in [-0.4, -0.2) is 10.5 Å². The maximum Gasteiger partial charge on any atom is 0.280 e. The summed E-state index contributed by atoms with van der Waals surface area (Å²) in [5.74, 6) is 0. The number of hydrogen-bond donors (Lipinski definition) is 2. The Morgan fingerprint density at radius 1 is 1.05 bits per heavy atom. The van der Waals surface area contributed by atoms with E-state index in [0.29, 0.717) is 0 Å². The molecule has 2 aliphatic heterocycles. The molecular weight excluding hydrogens is 316 g/mol. The van der Waals surface area contributed by atoms with Crippen LogP contribution in [0.15, 0.2) is 42.5 Å². The van der Waals surface area contributed by atoms with Crippen molar-refractivity contribution in [2.24, 2.45) is 0 Å². The van der Waals surface area contributed by atoms with Crippen LogP contribution in [0.1, 0.15) is 28.8 Å². The Hall–Kier alpha value is -1.65. The van der Waals surface area contributed by atoms with Gasteiger partial charge in [0.2, 0.25) is 0 Å². The predicted molar refractivity (Wildman–Crippen MR) is 91.6 cm³/mol. The van der Waals surface area contributed by atoms with Crippen molar-refractivity contribution in [2.45, 2.75) is 24.3 Å². The SMILES string of the molecule is Cc1ccc2c(c1)[C@H]1NC(=O)S[C@H]1C(c1ccc(Cl)cc1)N2. The van der Waals surface area contributed by atoms with E-state index in [1.807, 2.05) is 24.3 Å². The largest absolute Gasteiger partial charge is 0.377 e. The van der Waals surface area contributed by atoms with E-state index in [9.17, 15) is 4.79 Å². The third-order valence-electron chi connectivity index (χ3n) is 4.26. The average molecular weight is 331 g/mol. The molecule has 2 aliphatic rings. The molecule has 112 valence electrons. The monoisotopic (exact) mass is 330 g/mol. The van der Waals surface area contributed by atoms with E-state index in [4.69, 9.17) is 11.6 Å². The Labute approximate surface area is 138 Å². The minimum atomic E-state index is 0.0464. The molecule has 0 spiro atoms. The molecule has 1 unspecified atom stereocenters. The number of nitrogens with one attached hydrogen (secondary N) is 2. The summed E-state index contributed by atoms with van der Waals surface area (Å²) in [6, 6.07) is 14.3. The first kappa shape index (κ1) is 14.0. The lowest BCUT2D eigenvalue weighted by atomic mass is 9.88. The van der Waals surface area contributed by atoms with E-state index < -0.39 is 0 Å². The fourth-order valence-electron chi connectivity index (χ4n) is 3.21. The topological polar surface area (TPSA) is 41.1 Å². The summed E-state index contributed by atoms with van der Waals surface area (Å²) in [5.41, 5.74) is 4.62. The molecule has 0 aromatic heterocycles. The summed E-state index contributed by atoms with van der Waals surface area (Å²) in [7, 11) is 0. The number of anilines is 1. The molecule has 1 amide bonds. The van der Waals surface area contributed by atoms with Crippen molar-refractivity contribution >= 4 is 34.3 Å². The molecule has 4 rings (SSSR count). The van der Waals surface area contributed by atoms with Crippen molar-refractivity contribution in [1.29, 1.82) is 0 Å². The lowest BCUT2D eigenvalue weighted by Gasteiger charge is -2.36. The van der Waals surface area contributed by atoms with E-state index in [-0.39, 0.29) is 22.6 Å². The molecule has 1 saturated heterocycles. The van der Waals surface area contributed by atoms with Crippen molar-refractivity contribution < 1.29 is 4.79 Å². The van der Waals surface area contributed by atoms with E-state index in [2.05, 4.69) is 35.8 Å². The summed E-state index contributed by atoms with van der Waals surface area (Å²) in [6.07, 6.45) is 0. The Balaban J connectivity index is 1.79. The molecule has 2 aromatic carbocycles. The third kappa shape index (κ3) is 2.27. The van der Waals surface area contributed by atoms with Crippen molar-refractivity contribution in [3.8, 4) is 0 Å². The van der Waals surface area contributed by atoms with Gasteiger partial charge in [-0.2, -0.15) is 0 Å². The van der Waals surface area contributed by atoms with Gasteiger partial charge in [0.25, 0.3) is 5.24 Å². The van der Waals surface area contributed by atoms with Crippen LogP contribution in [0.25, 0.3) is 0 Å². The number of amides is 1. The Morgan fingerprint density at radius 3 is 2.59 bits per heavy atom. The zero-order chi connectivity index (χ0) is 15.3. The van der Waals surface area contributed by atoms with Crippen molar-refractivity contribution in [3.63, 3.8) is 0 Å². The lowest BCUT2D eigenvalue weighted by molar-refractivity contribution is 0.259. The Morgan fingerprint density at radius 2 is 1.82 bits per heavy atom. The molecule has 0 aliphatic carbocycles. The van der Waals surface area contributed by atoms with Crippen molar-refractivity contribution in [3.05, 3.63) is 64.2 Å². The summed E-state index contributed by atoms with van der Waals surface area (Å²) in [5, 5.41) is 7.61. The second-order valence-electron chi connectivity index (χ2n) is 5.76. The zero-order valence-corrected chi connectivity index (χ0v) is 13.5. The number of hydrogen-bond acceptors (Lipinski definition) is 3. The molecule has 5 heteroatoms. The molecule has 3 nitrogen and oxygen atoms in total. The highest BCUT2D eigenvalue weighted by Gasteiger charge is 2.44. The maximum atomic E-state index is 11.9. The van der Waals surface area contributed by atoms with Gasteiger partial charge in [-0.25, -0.2) is 0 Å². The summed E-state index contributed by atoms with van der Waals surface area (Å²) >= 11 is 7.37. The zero-order valence-electron chi connectivity index (χ0n) is 12.0. The van der Waals surface area contributed by atoms with Gasteiger partial charge in [-0.15, -0.1) is 0 Å². The van der Waals surface area contributed by atoms with Gasteiger partial charge >= 0.3 is 0 Å². The number of thioether (sulfide) groups is 1. The van der Waals surface area contributed by atoms with E-state index in [1.54, 1.807) is 0 Å². The van der Waals surface area contributed by atoms with Crippen LogP contribution in [0.5, 0.6) is 0 Å². The van der Waals surface area contributed by atoms with Gasteiger partial charge < -0.3 is 10.6 Å². The predicted octanol–water partition coefficient (Wildman–Crippen LogP) is 4.68. The molecule has 2 heterocycles. The number of benzene rings is 2. The highest BCUT2D eigenvalue weighted by atomic mass is 35.5. The van der Waals surface area contributed by atoms with Crippen LogP contribution < -0.4 is 10.6 Å². The van der Waals surface area contributed by atoms with Crippen LogP contribution in [0.4, 0.5) is 10.5 Å². The standard InChI is InChI=1S/C17H15ClN2OS/c1-9-2-7-13-12(8-9)15-16(22-17(21)20-15)14(19-13)10-3-5-11(18)6-4-10/h2-8,14-16,19H,1H3,(H,20,21)/t14?,15-,16+/m1/s1. The molecule has 0 bridgehead atoms. The minimum absolute atomic E-state index is 0.0464. The fraction of sp³-hybridized carbons (Fsp3) is 0.235. The molecule has 0 radical (unpaired) electrons. The quantitative estimate of drug-likeness (QED) is 0.797. The summed E-state index contributed by atoms with van der Waals surface area (Å²) < 4.78 is 0. The van der Waals surface area contributed by atoms with Gasteiger partial charge in [0.05, 0.1) is 17.3 Å². The number of halogens is 1. The van der Waals surface area contributed by atoms with Gasteiger partial charge in [0, 0.05) is 10.7 Å². The first-order valence-corrected chi connectivity index (χ1v) is 8.47. The first-order valence-electron chi connectivity index (χ1n) is 7.21. The van der Waals surface area contributed by atoms with Crippen LogP contribution >= 0.6 is 23.4 Å². The normalized spacial score (nSPS) is 25.9. The van der Waals surface area contributed by atoms with Crippen LogP contribution in [0.3, 0.4) is 0 Å². The molecule has 3 atom stereocenters. The van der Waals surface area contributed by atoms with Gasteiger partial charge in [0.1, 0.15) is 0 Å². The molecule has 2 aromatic rings. The van der Waals surface area contributed by atoms with Gasteiger partial charge in [-0.3, -0.25) is 4.79 Å². The van der Waals surface area contributed by atoms with Crippen molar-refractivity contribution in [1.82, 2.24) is 5.32 Å². The number of carbonyl (C=O) groups is 1. The van der Waals surface area contributed by atoms with Crippen LogP contribution in [0, 0.1) is 6.92 Å². The number of rotatable bonds is 1. The lowest BCUT2D eigenvalue weighted by Crippen LogP contribution is -2.35. The van der Waals surface area contributed by atoms with Gasteiger partial charge in [-0.05, 0) is 36.2 Å². The molecular formula is C17H15ClN2OS. The molecule has 22 heavy (non-hydrogen) atoms. The highest BCUT2D eigenvalue weighted by molar-refractivity contribution is 8.14. The van der Waals surface area contributed by atoms with E-state index in [1.165, 1.54) is 22.9 Å². The summed E-state index contributed by atoms with van der Waals surface area (Å²) in [4.78, 5) is 11.9. The second kappa shape index (κ2) is 5.21. The van der Waals surface area contributed by atoms with Gasteiger partial charge in [-0.1, -0.05) is 53.2 Å². The highest BCUT2D eigenvalue weighted by Crippen LogP contribution is 2.48. The molecule has 1 fully saturated rings. The second-order valence-corrected chi connectivity index (χ2v) is 7.34. The molecule has 0 saturated carbocycles. The fourth-order valence-corrected chi connectivity index (χ4v) is 4.49. The minimum Gasteiger partial charge on any atom is -0.377 e. The number of aryl methyl sites for hydroxylation is 1. The Bertz CT molecular complexity index is 747. The van der Waals surface area contributed by atoms with Crippen LogP contribution in [-0.2, 0) is 0 Å². The molecule has 2 N–H and O–H groups in total. The van der Waals surface area contributed by atoms with E-state index in [0.717, 1.165) is 16.3 Å². The smallest absolute Gasteiger partial charge is 0.280 e. The average Bonchev–Trinajstić information content (AvgIpc) is 2.89.